The molecule has 0 saturated heterocycles. The molecule has 0 fully saturated rings. The van der Waals surface area contributed by atoms with Crippen molar-refractivity contribution in [3.05, 3.63) is 58.1 Å². The highest BCUT2D eigenvalue weighted by Gasteiger charge is 2.49. The standard InChI is InChI=1S/C21H23ClN2O4S/c1-12-10-15(22)24-11-13(12)18-17(28-19(25)20(2,3)4)16-14(8-7-9-23-16)21(5,6)29(18,26)27/h7-11H,1-6H3. The maximum atomic E-state index is 13.7. The number of pyridine rings is 2. The lowest BCUT2D eigenvalue weighted by molar-refractivity contribution is -0.145. The number of aryl methyl sites for hydroxylation is 1. The fourth-order valence-corrected chi connectivity index (χ4v) is 5.13. The lowest BCUT2D eigenvalue weighted by Crippen LogP contribution is -2.36. The Balaban J connectivity index is 2.44. The Hall–Kier alpha value is -2.25. The summed E-state index contributed by atoms with van der Waals surface area (Å²) in [6.07, 6.45) is 2.93. The Morgan fingerprint density at radius 2 is 1.86 bits per heavy atom. The number of esters is 1. The zero-order valence-electron chi connectivity index (χ0n) is 17.2. The van der Waals surface area contributed by atoms with Crippen molar-refractivity contribution in [2.75, 3.05) is 0 Å². The molecule has 1 aliphatic rings. The molecule has 29 heavy (non-hydrogen) atoms. The number of hydrogen-bond acceptors (Lipinski definition) is 6. The van der Waals surface area contributed by atoms with E-state index in [9.17, 15) is 13.2 Å². The number of carbonyl (C=O) groups is 1. The minimum Gasteiger partial charge on any atom is -0.422 e. The van der Waals surface area contributed by atoms with Gasteiger partial charge in [0, 0.05) is 23.5 Å². The molecule has 2 aromatic heterocycles. The van der Waals surface area contributed by atoms with Gasteiger partial charge in [-0.1, -0.05) is 17.7 Å². The average molecular weight is 435 g/mol. The lowest BCUT2D eigenvalue weighted by atomic mass is 9.96. The molecule has 0 atom stereocenters. The molecule has 1 aliphatic heterocycles. The summed E-state index contributed by atoms with van der Waals surface area (Å²) in [5.41, 5.74) is 0.893. The van der Waals surface area contributed by atoms with Crippen molar-refractivity contribution >= 4 is 38.1 Å². The molecular formula is C21H23ClN2O4S. The van der Waals surface area contributed by atoms with Crippen molar-refractivity contribution in [1.29, 1.82) is 0 Å². The minimum atomic E-state index is -3.96. The molecule has 3 rings (SSSR count). The van der Waals surface area contributed by atoms with Gasteiger partial charge in [0.2, 0.25) is 0 Å². The second-order valence-electron chi connectivity index (χ2n) is 8.53. The third kappa shape index (κ3) is 3.46. The summed E-state index contributed by atoms with van der Waals surface area (Å²) in [6.45, 7) is 10.1. The van der Waals surface area contributed by atoms with Crippen molar-refractivity contribution < 1.29 is 17.9 Å². The Morgan fingerprint density at radius 1 is 1.21 bits per heavy atom. The van der Waals surface area contributed by atoms with Gasteiger partial charge in [-0.2, -0.15) is 0 Å². The van der Waals surface area contributed by atoms with E-state index >= 15 is 0 Å². The summed E-state index contributed by atoms with van der Waals surface area (Å²) in [4.78, 5) is 21.0. The largest absolute Gasteiger partial charge is 0.422 e. The van der Waals surface area contributed by atoms with Crippen LogP contribution in [0.25, 0.3) is 10.7 Å². The summed E-state index contributed by atoms with van der Waals surface area (Å²) in [5.74, 6) is -0.636. The number of halogens is 1. The molecular weight excluding hydrogens is 412 g/mol. The van der Waals surface area contributed by atoms with Crippen LogP contribution in [0.5, 0.6) is 0 Å². The number of hydrogen-bond donors (Lipinski definition) is 0. The molecule has 2 aromatic rings. The number of rotatable bonds is 2. The number of nitrogens with zero attached hydrogens (tertiary/aromatic N) is 2. The van der Waals surface area contributed by atoms with Gasteiger partial charge in [0.05, 0.1) is 10.2 Å². The quantitative estimate of drug-likeness (QED) is 0.510. The molecule has 0 spiro atoms. The third-order valence-electron chi connectivity index (χ3n) is 4.95. The molecule has 0 bridgehead atoms. The first-order valence-electron chi connectivity index (χ1n) is 9.08. The Bertz CT molecular complexity index is 1150. The second-order valence-corrected chi connectivity index (χ2v) is 11.4. The van der Waals surface area contributed by atoms with Crippen LogP contribution >= 0.6 is 11.6 Å². The van der Waals surface area contributed by atoms with Crippen LogP contribution in [0.3, 0.4) is 0 Å². The predicted octanol–water partition coefficient (Wildman–Crippen LogP) is 4.52. The molecule has 0 radical (unpaired) electrons. The zero-order valence-corrected chi connectivity index (χ0v) is 18.8. The molecule has 0 amide bonds. The van der Waals surface area contributed by atoms with E-state index in [-0.39, 0.29) is 15.8 Å². The van der Waals surface area contributed by atoms with E-state index in [1.807, 2.05) is 0 Å². The minimum absolute atomic E-state index is 0.0768. The topological polar surface area (TPSA) is 86.2 Å². The lowest BCUT2D eigenvalue weighted by Gasteiger charge is -2.34. The van der Waals surface area contributed by atoms with Crippen LogP contribution in [0, 0.1) is 12.3 Å². The molecule has 154 valence electrons. The van der Waals surface area contributed by atoms with Gasteiger partial charge in [0.1, 0.15) is 15.8 Å². The van der Waals surface area contributed by atoms with E-state index in [1.165, 1.54) is 6.20 Å². The van der Waals surface area contributed by atoms with Crippen LogP contribution in [0.4, 0.5) is 0 Å². The summed E-state index contributed by atoms with van der Waals surface area (Å²) in [7, 11) is -3.96. The van der Waals surface area contributed by atoms with Crippen molar-refractivity contribution in [1.82, 2.24) is 9.97 Å². The number of sulfone groups is 1. The van der Waals surface area contributed by atoms with Crippen molar-refractivity contribution in [2.45, 2.75) is 46.3 Å². The average Bonchev–Trinajstić information content (AvgIpc) is 2.60. The van der Waals surface area contributed by atoms with E-state index in [0.29, 0.717) is 22.4 Å². The van der Waals surface area contributed by atoms with Crippen LogP contribution in [-0.2, 0) is 24.1 Å². The van der Waals surface area contributed by atoms with Crippen LogP contribution in [0.1, 0.15) is 57.0 Å². The molecule has 0 aliphatic carbocycles. The maximum absolute atomic E-state index is 13.7. The van der Waals surface area contributed by atoms with Gasteiger partial charge in [-0.3, -0.25) is 9.78 Å². The third-order valence-corrected chi connectivity index (χ3v) is 7.66. The number of ether oxygens (including phenoxy) is 1. The zero-order chi connectivity index (χ0) is 21.8. The molecule has 0 unspecified atom stereocenters. The first kappa shape index (κ1) is 21.5. The van der Waals surface area contributed by atoms with Crippen molar-refractivity contribution in [2.24, 2.45) is 5.41 Å². The molecule has 0 N–H and O–H groups in total. The second kappa shape index (κ2) is 6.92. The van der Waals surface area contributed by atoms with E-state index < -0.39 is 26.0 Å². The van der Waals surface area contributed by atoms with Gasteiger partial charge < -0.3 is 4.74 Å². The Morgan fingerprint density at radius 3 is 2.45 bits per heavy atom. The maximum Gasteiger partial charge on any atom is 0.316 e. The van der Waals surface area contributed by atoms with Gasteiger partial charge in [-0.05, 0) is 59.2 Å². The highest BCUT2D eigenvalue weighted by atomic mass is 35.5. The predicted molar refractivity (Wildman–Crippen MR) is 113 cm³/mol. The van der Waals surface area contributed by atoms with Gasteiger partial charge in [-0.25, -0.2) is 13.4 Å². The van der Waals surface area contributed by atoms with Crippen molar-refractivity contribution in [3.63, 3.8) is 0 Å². The highest BCUT2D eigenvalue weighted by molar-refractivity contribution is 8.01. The van der Waals surface area contributed by atoms with Gasteiger partial charge in [0.15, 0.2) is 15.6 Å². The van der Waals surface area contributed by atoms with Crippen LogP contribution in [0.2, 0.25) is 5.15 Å². The normalized spacial score (nSPS) is 17.6. The highest BCUT2D eigenvalue weighted by Crippen LogP contribution is 2.49. The summed E-state index contributed by atoms with van der Waals surface area (Å²) >= 11 is 5.97. The summed E-state index contributed by atoms with van der Waals surface area (Å²) in [6, 6.07) is 4.93. The van der Waals surface area contributed by atoms with E-state index in [2.05, 4.69) is 9.97 Å². The molecule has 3 heterocycles. The number of aromatic nitrogens is 2. The SMILES string of the molecule is Cc1cc(Cl)ncc1C1=C(OC(=O)C(C)(C)C)c2ncccc2C(C)(C)S1(=O)=O. The van der Waals surface area contributed by atoms with Gasteiger partial charge in [0.25, 0.3) is 0 Å². The Kier molecular flexibility index (Phi) is 5.12. The molecule has 8 heteroatoms. The summed E-state index contributed by atoms with van der Waals surface area (Å²) in [5, 5.41) is 0.242. The fraction of sp³-hybridized carbons (Fsp3) is 0.381. The molecule has 6 nitrogen and oxygen atoms in total. The number of fused-ring (bicyclic) bond motifs is 1. The van der Waals surface area contributed by atoms with Gasteiger partial charge in [-0.15, -0.1) is 0 Å². The van der Waals surface area contributed by atoms with Crippen LogP contribution in [-0.4, -0.2) is 24.4 Å². The first-order chi connectivity index (χ1) is 13.3. The van der Waals surface area contributed by atoms with Crippen LogP contribution in [0.15, 0.2) is 30.6 Å². The smallest absolute Gasteiger partial charge is 0.316 e. The number of carbonyl (C=O) groups excluding carboxylic acids is 1. The first-order valence-corrected chi connectivity index (χ1v) is 10.9. The fourth-order valence-electron chi connectivity index (χ4n) is 3.07. The molecule has 0 saturated carbocycles. The molecule has 0 aromatic carbocycles. The van der Waals surface area contributed by atoms with Crippen molar-refractivity contribution in [3.8, 4) is 0 Å². The van der Waals surface area contributed by atoms with E-state index in [0.717, 1.165) is 0 Å². The van der Waals surface area contributed by atoms with E-state index in [1.54, 1.807) is 65.9 Å². The monoisotopic (exact) mass is 434 g/mol. The Labute approximate surface area is 175 Å². The van der Waals surface area contributed by atoms with E-state index in [4.69, 9.17) is 16.3 Å². The summed E-state index contributed by atoms with van der Waals surface area (Å²) < 4.78 is 31.9. The van der Waals surface area contributed by atoms with Crippen LogP contribution < -0.4 is 0 Å². The van der Waals surface area contributed by atoms with Gasteiger partial charge >= 0.3 is 5.97 Å².